The maximum Gasteiger partial charge on any atom is 0.266 e. The quantitative estimate of drug-likeness (QED) is 0.158. The third-order valence-corrected chi connectivity index (χ3v) is 8.12. The van der Waals surface area contributed by atoms with Crippen molar-refractivity contribution in [2.75, 3.05) is 18.6 Å². The molecule has 1 N–H and O–H groups in total. The van der Waals surface area contributed by atoms with E-state index < -0.39 is 0 Å². The Morgan fingerprint density at radius 3 is 2.36 bits per heavy atom. The van der Waals surface area contributed by atoms with Crippen molar-refractivity contribution in [2.24, 2.45) is 5.92 Å². The van der Waals surface area contributed by atoms with Crippen LogP contribution in [0.5, 0.6) is 11.5 Å². The van der Waals surface area contributed by atoms with Crippen LogP contribution in [0.25, 0.3) is 0 Å². The molecule has 0 aliphatic carbocycles. The number of allylic oxidation sites excluding steroid dienone is 1. The van der Waals surface area contributed by atoms with Crippen LogP contribution in [-0.4, -0.2) is 39.7 Å². The van der Waals surface area contributed by atoms with Gasteiger partial charge in [-0.25, -0.2) is 0 Å². The Kier molecular flexibility index (Phi) is 9.14. The van der Waals surface area contributed by atoms with E-state index in [1.165, 1.54) is 0 Å². The summed E-state index contributed by atoms with van der Waals surface area (Å²) in [7, 11) is 1.72. The van der Waals surface area contributed by atoms with Crippen molar-refractivity contribution in [1.82, 2.24) is 15.0 Å². The van der Waals surface area contributed by atoms with Crippen LogP contribution < -0.4 is 9.64 Å². The molecule has 6 rings (SSSR count). The Morgan fingerprint density at radius 1 is 0.889 bits per heavy atom. The molecule has 0 fully saturated rings. The number of benzene rings is 4. The van der Waals surface area contributed by atoms with Crippen LogP contribution in [0.1, 0.15) is 52.5 Å². The molecule has 1 aliphatic heterocycles. The van der Waals surface area contributed by atoms with E-state index in [1.807, 2.05) is 108 Å². The molecule has 3 atom stereocenters. The first kappa shape index (κ1) is 30.0. The number of rotatable bonds is 11. The highest BCUT2D eigenvalue weighted by Gasteiger charge is 2.29. The highest BCUT2D eigenvalue weighted by atomic mass is 16.5. The highest BCUT2D eigenvalue weighted by Crippen LogP contribution is 2.42. The first-order chi connectivity index (χ1) is 22.1. The number of carbonyl (C=O) groups is 1. The zero-order chi connectivity index (χ0) is 31.2. The van der Waals surface area contributed by atoms with E-state index in [2.05, 4.69) is 29.4 Å². The molecule has 8 nitrogen and oxygen atoms in total. The topological polar surface area (TPSA) is 89.7 Å². The lowest BCUT2D eigenvalue weighted by Gasteiger charge is -2.24. The molecule has 0 saturated heterocycles. The van der Waals surface area contributed by atoms with Crippen molar-refractivity contribution in [3.8, 4) is 11.5 Å². The minimum atomic E-state index is -0.194. The third kappa shape index (κ3) is 6.43. The van der Waals surface area contributed by atoms with Gasteiger partial charge in [-0.15, -0.1) is 5.10 Å². The molecular weight excluding hydrogens is 564 g/mol. The van der Waals surface area contributed by atoms with Crippen LogP contribution >= 0.6 is 0 Å². The van der Waals surface area contributed by atoms with Crippen LogP contribution in [0.3, 0.4) is 0 Å². The van der Waals surface area contributed by atoms with E-state index in [-0.39, 0.29) is 30.5 Å². The molecule has 2 heterocycles. The van der Waals surface area contributed by atoms with Gasteiger partial charge in [0.2, 0.25) is 0 Å². The second-order valence-corrected chi connectivity index (χ2v) is 11.1. The van der Waals surface area contributed by atoms with E-state index in [0.717, 1.165) is 28.9 Å². The number of hydrogen-bond acceptors (Lipinski definition) is 6. The fourth-order valence-corrected chi connectivity index (χ4v) is 5.79. The summed E-state index contributed by atoms with van der Waals surface area (Å²) in [5, 5.41) is 18.5. The summed E-state index contributed by atoms with van der Waals surface area (Å²) < 4.78 is 13.9. The number of aliphatic hydroxyl groups is 1. The van der Waals surface area contributed by atoms with Gasteiger partial charge in [-0.05, 0) is 53.9 Å². The molecule has 1 aromatic heterocycles. The summed E-state index contributed by atoms with van der Waals surface area (Å²) in [6.45, 7) is 2.78. The summed E-state index contributed by atoms with van der Waals surface area (Å²) in [6, 6.07) is 32.7. The van der Waals surface area contributed by atoms with Gasteiger partial charge >= 0.3 is 0 Å². The number of fused-ring (bicyclic) bond motifs is 2. The average molecular weight is 601 g/mol. The van der Waals surface area contributed by atoms with Crippen LogP contribution in [0.2, 0.25) is 0 Å². The fourth-order valence-electron chi connectivity index (χ4n) is 5.79. The number of aromatic nitrogens is 3. The first-order valence-corrected chi connectivity index (χ1v) is 15.1. The zero-order valence-electron chi connectivity index (χ0n) is 25.4. The van der Waals surface area contributed by atoms with Crippen molar-refractivity contribution < 1.29 is 19.4 Å². The maximum atomic E-state index is 13.7. The van der Waals surface area contributed by atoms with Gasteiger partial charge in [-0.3, -0.25) is 14.4 Å². The van der Waals surface area contributed by atoms with Crippen molar-refractivity contribution in [3.05, 3.63) is 144 Å². The summed E-state index contributed by atoms with van der Waals surface area (Å²) in [5.74, 6) is 0.930. The molecule has 0 saturated carbocycles. The Balaban J connectivity index is 1.12. The van der Waals surface area contributed by atoms with Gasteiger partial charge in [-0.2, -0.15) is 0 Å². The lowest BCUT2D eigenvalue weighted by atomic mass is 9.96. The second kappa shape index (κ2) is 13.7. The van der Waals surface area contributed by atoms with Crippen LogP contribution in [0, 0.1) is 5.92 Å². The minimum Gasteiger partial charge on any atom is -0.454 e. The van der Waals surface area contributed by atoms with E-state index in [9.17, 15) is 9.90 Å². The highest BCUT2D eigenvalue weighted by molar-refractivity contribution is 6.14. The monoisotopic (exact) mass is 600 g/mol. The Hall–Kier alpha value is -5.05. The van der Waals surface area contributed by atoms with E-state index in [0.29, 0.717) is 29.3 Å². The first-order valence-electron chi connectivity index (χ1n) is 15.1. The van der Waals surface area contributed by atoms with Gasteiger partial charge in [-0.1, -0.05) is 91.0 Å². The Bertz CT molecular complexity index is 1770. The van der Waals surface area contributed by atoms with Gasteiger partial charge in [0.1, 0.15) is 5.75 Å². The number of aryl methyl sites for hydroxylation is 1. The number of methoxy groups -OCH3 is 1. The average Bonchev–Trinajstić information content (AvgIpc) is 3.49. The standard InChI is InChI=1S/C37H36N4O4/c1-26(12-10-11-23-40-24-32(38-39-40)31(25-42)27-13-4-3-5-14-27)36(44-2)28-19-21-29(22-20-28)41-33-16-7-9-18-35(33)45-34-17-8-6-15-30(34)37(41)43/h3-10,12-22,24,26,31,36,42H,11,23,25H2,1-2H3/b12-10+/t26-,31?,36+/m0/s1. The Morgan fingerprint density at radius 2 is 1.60 bits per heavy atom. The summed E-state index contributed by atoms with van der Waals surface area (Å²) >= 11 is 0. The molecular formula is C37H36N4O4. The minimum absolute atomic E-state index is 0.0243. The molecule has 0 spiro atoms. The molecule has 4 aromatic carbocycles. The molecule has 1 amide bonds. The molecule has 0 radical (unpaired) electrons. The van der Waals surface area contributed by atoms with E-state index in [4.69, 9.17) is 9.47 Å². The van der Waals surface area contributed by atoms with Gasteiger partial charge in [0.15, 0.2) is 5.75 Å². The van der Waals surface area contributed by atoms with Crippen molar-refractivity contribution >= 4 is 17.3 Å². The number of ether oxygens (including phenoxy) is 2. The summed E-state index contributed by atoms with van der Waals surface area (Å²) in [5.41, 5.74) is 4.74. The second-order valence-electron chi connectivity index (χ2n) is 11.1. The molecule has 5 aromatic rings. The van der Waals surface area contributed by atoms with Crippen molar-refractivity contribution in [3.63, 3.8) is 0 Å². The van der Waals surface area contributed by atoms with Gasteiger partial charge in [0.25, 0.3) is 5.91 Å². The number of amides is 1. The van der Waals surface area contributed by atoms with E-state index in [1.54, 1.807) is 18.1 Å². The number of aliphatic hydroxyl groups excluding tert-OH is 1. The fraction of sp³-hybridized carbons (Fsp3) is 0.216. The number of nitrogens with zero attached hydrogens (tertiary/aromatic N) is 4. The number of carbonyl (C=O) groups excluding carboxylic acids is 1. The van der Waals surface area contributed by atoms with Gasteiger partial charge in [0.05, 0.1) is 35.6 Å². The lowest BCUT2D eigenvalue weighted by Crippen LogP contribution is -2.25. The number of hydrogen-bond donors (Lipinski definition) is 1. The molecule has 0 bridgehead atoms. The third-order valence-electron chi connectivity index (χ3n) is 8.12. The predicted molar refractivity (Wildman–Crippen MR) is 174 cm³/mol. The predicted octanol–water partition coefficient (Wildman–Crippen LogP) is 7.46. The SMILES string of the molecule is CO[C@@H](c1ccc(N2C(=O)c3ccccc3Oc3ccccc32)cc1)[C@@H](C)/C=C/CCn1cc(C(CO)c2ccccc2)nn1. The lowest BCUT2D eigenvalue weighted by molar-refractivity contribution is 0.0741. The zero-order valence-corrected chi connectivity index (χ0v) is 25.4. The maximum absolute atomic E-state index is 13.7. The molecule has 1 aliphatic rings. The molecule has 45 heavy (non-hydrogen) atoms. The summed E-state index contributed by atoms with van der Waals surface area (Å²) in [6.07, 6.45) is 6.81. The van der Waals surface area contributed by atoms with Crippen LogP contribution in [-0.2, 0) is 11.3 Å². The molecule has 8 heteroatoms. The number of para-hydroxylation sites is 3. The largest absolute Gasteiger partial charge is 0.454 e. The normalized spacial score (nSPS) is 14.7. The summed E-state index contributed by atoms with van der Waals surface area (Å²) in [4.78, 5) is 15.4. The van der Waals surface area contributed by atoms with Gasteiger partial charge in [0, 0.05) is 31.5 Å². The Labute approximate surface area is 263 Å². The number of anilines is 2. The molecule has 1 unspecified atom stereocenters. The van der Waals surface area contributed by atoms with Crippen LogP contribution in [0.4, 0.5) is 11.4 Å². The van der Waals surface area contributed by atoms with Gasteiger partial charge < -0.3 is 14.6 Å². The molecule has 228 valence electrons. The van der Waals surface area contributed by atoms with Crippen molar-refractivity contribution in [1.29, 1.82) is 0 Å². The van der Waals surface area contributed by atoms with E-state index >= 15 is 0 Å². The van der Waals surface area contributed by atoms with Crippen molar-refractivity contribution in [2.45, 2.75) is 31.9 Å². The van der Waals surface area contributed by atoms with Crippen LogP contribution in [0.15, 0.2) is 121 Å². The smallest absolute Gasteiger partial charge is 0.266 e.